The fraction of sp³-hybridized carbons (Fsp3) is 0.409. The number of benzene rings is 2. The Balaban J connectivity index is 1.43. The normalized spacial score (nSPS) is 15.2. The monoisotopic (exact) mass is 433 g/mol. The Morgan fingerprint density at radius 3 is 2.33 bits per heavy atom. The third-order valence-corrected chi connectivity index (χ3v) is 6.07. The van der Waals surface area contributed by atoms with E-state index >= 15 is 0 Å². The van der Waals surface area contributed by atoms with Gasteiger partial charge in [0.15, 0.2) is 0 Å². The number of sulfonamides is 1. The van der Waals surface area contributed by atoms with Crippen LogP contribution in [0.4, 0.5) is 14.9 Å². The Hall–Kier alpha value is -2.45. The highest BCUT2D eigenvalue weighted by atomic mass is 32.2. The number of halogens is 1. The standard InChI is InChI=1S/C22H28FN3O3S/c1-30(28,29)24-13-10-17-6-8-18(9-7-17)16-19-11-14-26(15-12-19)22(27)25-21-5-3-2-4-20(21)23/h2-9,19,24H,10-16H2,1H3,(H,25,27). The maximum atomic E-state index is 13.7. The van der Waals surface area contributed by atoms with E-state index in [0.717, 1.165) is 31.1 Å². The van der Waals surface area contributed by atoms with Crippen molar-refractivity contribution in [2.45, 2.75) is 25.7 Å². The van der Waals surface area contributed by atoms with Crippen molar-refractivity contribution < 1.29 is 17.6 Å². The molecule has 2 N–H and O–H groups in total. The lowest BCUT2D eigenvalue weighted by Crippen LogP contribution is -2.41. The van der Waals surface area contributed by atoms with Crippen molar-refractivity contribution >= 4 is 21.7 Å². The molecule has 0 aliphatic carbocycles. The highest BCUT2D eigenvalue weighted by Gasteiger charge is 2.23. The van der Waals surface area contributed by atoms with Gasteiger partial charge in [-0.3, -0.25) is 0 Å². The van der Waals surface area contributed by atoms with Crippen LogP contribution in [0.2, 0.25) is 0 Å². The van der Waals surface area contributed by atoms with Crippen LogP contribution in [-0.2, 0) is 22.9 Å². The Morgan fingerprint density at radius 2 is 1.70 bits per heavy atom. The van der Waals surface area contributed by atoms with Gasteiger partial charge in [0.05, 0.1) is 11.9 Å². The summed E-state index contributed by atoms with van der Waals surface area (Å²) in [6, 6.07) is 14.2. The van der Waals surface area contributed by atoms with Gasteiger partial charge < -0.3 is 10.2 Å². The number of carbonyl (C=O) groups excluding carboxylic acids is 1. The van der Waals surface area contributed by atoms with Gasteiger partial charge in [-0.2, -0.15) is 0 Å². The number of nitrogens with zero attached hydrogens (tertiary/aromatic N) is 1. The maximum absolute atomic E-state index is 13.7. The molecule has 0 spiro atoms. The van der Waals surface area contributed by atoms with Crippen molar-refractivity contribution in [2.75, 3.05) is 31.2 Å². The van der Waals surface area contributed by atoms with Crippen LogP contribution in [-0.4, -0.2) is 45.2 Å². The van der Waals surface area contributed by atoms with Crippen molar-refractivity contribution in [3.63, 3.8) is 0 Å². The zero-order valence-electron chi connectivity index (χ0n) is 17.1. The number of rotatable bonds is 7. The first-order valence-electron chi connectivity index (χ1n) is 10.1. The van der Waals surface area contributed by atoms with E-state index in [0.29, 0.717) is 32.0 Å². The summed E-state index contributed by atoms with van der Waals surface area (Å²) in [5, 5.41) is 2.65. The fourth-order valence-corrected chi connectivity index (χ4v) is 4.13. The first kappa shape index (κ1) is 22.2. The zero-order valence-corrected chi connectivity index (χ0v) is 17.9. The molecule has 1 heterocycles. The molecule has 0 bridgehead atoms. The van der Waals surface area contributed by atoms with Gasteiger partial charge in [0, 0.05) is 19.6 Å². The van der Waals surface area contributed by atoms with Gasteiger partial charge in [-0.1, -0.05) is 36.4 Å². The average Bonchev–Trinajstić information content (AvgIpc) is 2.71. The molecule has 2 aromatic rings. The summed E-state index contributed by atoms with van der Waals surface area (Å²) in [4.78, 5) is 14.1. The molecule has 8 heteroatoms. The van der Waals surface area contributed by atoms with Gasteiger partial charge in [0.25, 0.3) is 0 Å². The SMILES string of the molecule is CS(=O)(=O)NCCc1ccc(CC2CCN(C(=O)Nc3ccccc3F)CC2)cc1. The maximum Gasteiger partial charge on any atom is 0.321 e. The smallest absolute Gasteiger partial charge is 0.321 e. The van der Waals surface area contributed by atoms with Crippen LogP contribution < -0.4 is 10.0 Å². The minimum absolute atomic E-state index is 0.205. The predicted octanol–water partition coefficient (Wildman–Crippen LogP) is 3.40. The summed E-state index contributed by atoms with van der Waals surface area (Å²) < 4.78 is 38.4. The largest absolute Gasteiger partial charge is 0.325 e. The van der Waals surface area contributed by atoms with Crippen molar-refractivity contribution in [3.05, 3.63) is 65.5 Å². The number of para-hydroxylation sites is 1. The predicted molar refractivity (Wildman–Crippen MR) is 116 cm³/mol. The molecule has 1 aliphatic heterocycles. The average molecular weight is 434 g/mol. The summed E-state index contributed by atoms with van der Waals surface area (Å²) in [6.45, 7) is 1.70. The molecule has 30 heavy (non-hydrogen) atoms. The molecule has 0 radical (unpaired) electrons. The molecule has 1 aliphatic rings. The Bertz CT molecular complexity index is 956. The molecule has 3 rings (SSSR count). The van der Waals surface area contributed by atoms with E-state index < -0.39 is 15.8 Å². The number of urea groups is 1. The van der Waals surface area contributed by atoms with E-state index in [1.54, 1.807) is 23.1 Å². The van der Waals surface area contributed by atoms with Crippen molar-refractivity contribution in [3.8, 4) is 0 Å². The third kappa shape index (κ3) is 6.81. The molecule has 0 aromatic heterocycles. The summed E-state index contributed by atoms with van der Waals surface area (Å²) in [6.07, 6.45) is 4.58. The minimum Gasteiger partial charge on any atom is -0.325 e. The molecular formula is C22H28FN3O3S. The summed E-state index contributed by atoms with van der Waals surface area (Å²) >= 11 is 0. The van der Waals surface area contributed by atoms with E-state index in [9.17, 15) is 17.6 Å². The Kier molecular flexibility index (Phi) is 7.44. The van der Waals surface area contributed by atoms with Gasteiger partial charge in [0.2, 0.25) is 10.0 Å². The van der Waals surface area contributed by atoms with Crippen molar-refractivity contribution in [1.29, 1.82) is 0 Å². The van der Waals surface area contributed by atoms with E-state index in [4.69, 9.17) is 0 Å². The summed E-state index contributed by atoms with van der Waals surface area (Å²) in [5.41, 5.74) is 2.54. The number of piperidine rings is 1. The molecule has 2 amide bonds. The summed E-state index contributed by atoms with van der Waals surface area (Å²) in [7, 11) is -3.15. The van der Waals surface area contributed by atoms with E-state index in [-0.39, 0.29) is 11.7 Å². The molecule has 162 valence electrons. The fourth-order valence-electron chi connectivity index (χ4n) is 3.65. The number of hydrogen-bond acceptors (Lipinski definition) is 3. The lowest BCUT2D eigenvalue weighted by atomic mass is 9.90. The molecule has 1 fully saturated rings. The first-order chi connectivity index (χ1) is 14.3. The second-order valence-corrected chi connectivity index (χ2v) is 9.61. The molecule has 6 nitrogen and oxygen atoms in total. The van der Waals surface area contributed by atoms with Gasteiger partial charge >= 0.3 is 6.03 Å². The zero-order chi connectivity index (χ0) is 21.6. The van der Waals surface area contributed by atoms with E-state index in [1.165, 1.54) is 11.6 Å². The molecule has 0 saturated carbocycles. The number of anilines is 1. The third-order valence-electron chi connectivity index (χ3n) is 5.34. The van der Waals surface area contributed by atoms with Crippen LogP contribution >= 0.6 is 0 Å². The van der Waals surface area contributed by atoms with Crippen LogP contribution in [0.5, 0.6) is 0 Å². The van der Waals surface area contributed by atoms with Gasteiger partial charge in [0.1, 0.15) is 5.82 Å². The second-order valence-electron chi connectivity index (χ2n) is 7.78. The van der Waals surface area contributed by atoms with Crippen LogP contribution in [0.3, 0.4) is 0 Å². The van der Waals surface area contributed by atoms with Crippen LogP contribution in [0.25, 0.3) is 0 Å². The molecule has 2 aromatic carbocycles. The van der Waals surface area contributed by atoms with E-state index in [2.05, 4.69) is 22.2 Å². The number of likely N-dealkylation sites (tertiary alicyclic amines) is 1. The van der Waals surface area contributed by atoms with Gasteiger partial charge in [-0.25, -0.2) is 22.3 Å². The number of amides is 2. The minimum atomic E-state index is -3.15. The lowest BCUT2D eigenvalue weighted by molar-refractivity contribution is 0.182. The Labute approximate surface area is 177 Å². The van der Waals surface area contributed by atoms with Crippen LogP contribution in [0, 0.1) is 11.7 Å². The number of carbonyl (C=O) groups is 1. The van der Waals surface area contributed by atoms with Crippen molar-refractivity contribution in [2.24, 2.45) is 5.92 Å². The van der Waals surface area contributed by atoms with Crippen LogP contribution in [0.1, 0.15) is 24.0 Å². The van der Waals surface area contributed by atoms with Gasteiger partial charge in [-0.15, -0.1) is 0 Å². The highest BCUT2D eigenvalue weighted by molar-refractivity contribution is 7.88. The summed E-state index contributed by atoms with van der Waals surface area (Å²) in [5.74, 6) is 0.0662. The first-order valence-corrected chi connectivity index (χ1v) is 12.0. The van der Waals surface area contributed by atoms with Crippen molar-refractivity contribution in [1.82, 2.24) is 9.62 Å². The Morgan fingerprint density at radius 1 is 1.07 bits per heavy atom. The van der Waals surface area contributed by atoms with Crippen LogP contribution in [0.15, 0.2) is 48.5 Å². The molecule has 0 atom stereocenters. The quantitative estimate of drug-likeness (QED) is 0.702. The number of nitrogens with one attached hydrogen (secondary N) is 2. The van der Waals surface area contributed by atoms with Gasteiger partial charge in [-0.05, 0) is 54.9 Å². The van der Waals surface area contributed by atoms with E-state index in [1.807, 2.05) is 12.1 Å². The highest BCUT2D eigenvalue weighted by Crippen LogP contribution is 2.23. The second kappa shape index (κ2) is 10.0. The topological polar surface area (TPSA) is 78.5 Å². The molecule has 1 saturated heterocycles. The number of hydrogen-bond donors (Lipinski definition) is 2. The lowest BCUT2D eigenvalue weighted by Gasteiger charge is -2.32. The molecule has 0 unspecified atom stereocenters. The molecular weight excluding hydrogens is 405 g/mol.